The minimum absolute atomic E-state index is 0.0545. The van der Waals surface area contributed by atoms with Crippen LogP contribution >= 0.6 is 0 Å². The number of benzene rings is 2. The van der Waals surface area contributed by atoms with Gasteiger partial charge in [0.25, 0.3) is 0 Å². The van der Waals surface area contributed by atoms with E-state index in [0.29, 0.717) is 25.4 Å². The van der Waals surface area contributed by atoms with E-state index in [4.69, 9.17) is 4.74 Å². The van der Waals surface area contributed by atoms with E-state index >= 15 is 0 Å². The van der Waals surface area contributed by atoms with Crippen LogP contribution < -0.4 is 9.64 Å². The monoisotopic (exact) mass is 402 g/mol. The third-order valence-electron chi connectivity index (χ3n) is 5.26. The highest BCUT2D eigenvalue weighted by atomic mass is 16.5. The molecule has 1 amide bonds. The predicted octanol–water partition coefficient (Wildman–Crippen LogP) is 3.43. The lowest BCUT2D eigenvalue weighted by Crippen LogP contribution is -2.32. The molecule has 0 spiro atoms. The molecule has 154 valence electrons. The number of carbonyl (C=O) groups excluding carboxylic acids is 1. The summed E-state index contributed by atoms with van der Waals surface area (Å²) in [5.41, 5.74) is 3.35. The van der Waals surface area contributed by atoms with E-state index in [1.54, 1.807) is 12.4 Å². The van der Waals surface area contributed by atoms with Crippen molar-refractivity contribution in [2.24, 2.45) is 0 Å². The van der Waals surface area contributed by atoms with Gasteiger partial charge in [-0.05, 0) is 16.7 Å². The van der Waals surface area contributed by atoms with Crippen LogP contribution in [0.25, 0.3) is 11.1 Å². The third kappa shape index (κ3) is 4.76. The Morgan fingerprint density at radius 3 is 2.53 bits per heavy atom. The first kappa shape index (κ1) is 19.9. The molecule has 1 saturated heterocycles. The average molecular weight is 402 g/mol. The van der Waals surface area contributed by atoms with Gasteiger partial charge in [0, 0.05) is 27.1 Å². The van der Waals surface area contributed by atoms with Gasteiger partial charge in [0.15, 0.2) is 5.82 Å². The SMILES string of the molecule is CN(C)c1cncc(OC2CCN(C(=O)Cc3ccc(-c4ccccc4)cc3)C2)n1. The molecule has 1 aliphatic heterocycles. The fourth-order valence-electron chi connectivity index (χ4n) is 3.56. The Balaban J connectivity index is 1.32. The Labute approximate surface area is 177 Å². The number of rotatable bonds is 6. The van der Waals surface area contributed by atoms with Gasteiger partial charge in [-0.25, -0.2) is 0 Å². The normalized spacial score (nSPS) is 15.8. The molecular weight excluding hydrogens is 376 g/mol. The second-order valence-corrected chi connectivity index (χ2v) is 7.72. The van der Waals surface area contributed by atoms with Gasteiger partial charge in [0.05, 0.1) is 25.4 Å². The van der Waals surface area contributed by atoms with Crippen molar-refractivity contribution in [2.45, 2.75) is 18.9 Å². The summed E-state index contributed by atoms with van der Waals surface area (Å²) in [6.07, 6.45) is 4.46. The van der Waals surface area contributed by atoms with Crippen LogP contribution in [0.4, 0.5) is 5.82 Å². The first-order valence-corrected chi connectivity index (χ1v) is 10.2. The van der Waals surface area contributed by atoms with Crippen LogP contribution in [-0.4, -0.2) is 54.1 Å². The van der Waals surface area contributed by atoms with Gasteiger partial charge in [0.2, 0.25) is 11.8 Å². The summed E-state index contributed by atoms with van der Waals surface area (Å²) in [4.78, 5) is 25.1. The Morgan fingerprint density at radius 1 is 1.07 bits per heavy atom. The van der Waals surface area contributed by atoms with Crippen molar-refractivity contribution in [1.82, 2.24) is 14.9 Å². The summed E-state index contributed by atoms with van der Waals surface area (Å²) in [5.74, 6) is 1.37. The maximum absolute atomic E-state index is 12.7. The molecule has 30 heavy (non-hydrogen) atoms. The molecule has 0 bridgehead atoms. The highest BCUT2D eigenvalue weighted by Gasteiger charge is 2.28. The molecule has 0 radical (unpaired) electrons. The zero-order valence-corrected chi connectivity index (χ0v) is 17.4. The molecule has 3 aromatic rings. The van der Waals surface area contributed by atoms with Gasteiger partial charge in [-0.15, -0.1) is 0 Å². The molecule has 1 atom stereocenters. The molecule has 2 aromatic carbocycles. The van der Waals surface area contributed by atoms with E-state index in [-0.39, 0.29) is 12.0 Å². The van der Waals surface area contributed by atoms with E-state index in [2.05, 4.69) is 34.2 Å². The highest BCUT2D eigenvalue weighted by molar-refractivity contribution is 5.79. The summed E-state index contributed by atoms with van der Waals surface area (Å²) in [5, 5.41) is 0. The summed E-state index contributed by atoms with van der Waals surface area (Å²) >= 11 is 0. The molecular formula is C24H26N4O2. The van der Waals surface area contributed by atoms with Crippen molar-refractivity contribution < 1.29 is 9.53 Å². The van der Waals surface area contributed by atoms with E-state index in [0.717, 1.165) is 23.4 Å². The maximum Gasteiger partial charge on any atom is 0.234 e. The van der Waals surface area contributed by atoms with E-state index < -0.39 is 0 Å². The zero-order valence-electron chi connectivity index (χ0n) is 17.4. The molecule has 1 aliphatic rings. The Hall–Kier alpha value is -3.41. The first-order valence-electron chi connectivity index (χ1n) is 10.2. The van der Waals surface area contributed by atoms with Crippen LogP contribution in [0, 0.1) is 0 Å². The molecule has 1 aromatic heterocycles. The Morgan fingerprint density at radius 2 is 1.80 bits per heavy atom. The number of hydrogen-bond acceptors (Lipinski definition) is 5. The first-order chi connectivity index (χ1) is 14.6. The molecule has 4 rings (SSSR count). The minimum Gasteiger partial charge on any atom is -0.471 e. The van der Waals surface area contributed by atoms with Crippen LogP contribution in [0.2, 0.25) is 0 Å². The van der Waals surface area contributed by atoms with E-state index in [9.17, 15) is 4.79 Å². The van der Waals surface area contributed by atoms with Gasteiger partial charge >= 0.3 is 0 Å². The maximum atomic E-state index is 12.7. The minimum atomic E-state index is -0.0545. The number of carbonyl (C=O) groups is 1. The smallest absolute Gasteiger partial charge is 0.234 e. The number of anilines is 1. The number of likely N-dealkylation sites (tertiary alicyclic amines) is 1. The van der Waals surface area contributed by atoms with E-state index in [1.165, 1.54) is 5.56 Å². The van der Waals surface area contributed by atoms with Crippen LogP contribution in [0.3, 0.4) is 0 Å². The van der Waals surface area contributed by atoms with Gasteiger partial charge in [-0.1, -0.05) is 54.6 Å². The topological polar surface area (TPSA) is 58.6 Å². The van der Waals surface area contributed by atoms with Crippen molar-refractivity contribution in [1.29, 1.82) is 0 Å². The third-order valence-corrected chi connectivity index (χ3v) is 5.26. The standard InChI is InChI=1S/C24H26N4O2/c1-27(2)22-15-25-16-23(26-22)30-21-12-13-28(17-21)24(29)14-18-8-10-20(11-9-18)19-6-4-3-5-7-19/h3-11,15-16,21H,12-14,17H2,1-2H3. The lowest BCUT2D eigenvalue weighted by atomic mass is 10.0. The van der Waals surface area contributed by atoms with Gasteiger partial charge in [0.1, 0.15) is 6.10 Å². The second-order valence-electron chi connectivity index (χ2n) is 7.72. The fraction of sp³-hybridized carbons (Fsp3) is 0.292. The largest absolute Gasteiger partial charge is 0.471 e. The summed E-state index contributed by atoms with van der Waals surface area (Å²) in [7, 11) is 3.83. The van der Waals surface area contributed by atoms with Crippen LogP contribution in [-0.2, 0) is 11.2 Å². The molecule has 0 aliphatic carbocycles. The number of hydrogen-bond donors (Lipinski definition) is 0. The number of amides is 1. The number of nitrogens with zero attached hydrogens (tertiary/aromatic N) is 4. The van der Waals surface area contributed by atoms with E-state index in [1.807, 2.05) is 54.2 Å². The number of ether oxygens (including phenoxy) is 1. The highest BCUT2D eigenvalue weighted by Crippen LogP contribution is 2.21. The number of aromatic nitrogens is 2. The predicted molar refractivity (Wildman–Crippen MR) is 118 cm³/mol. The molecule has 2 heterocycles. The average Bonchev–Trinajstić information content (AvgIpc) is 3.24. The summed E-state index contributed by atoms with van der Waals surface area (Å²) < 4.78 is 5.97. The summed E-state index contributed by atoms with van der Waals surface area (Å²) in [6.45, 7) is 1.28. The van der Waals surface area contributed by atoms with Crippen molar-refractivity contribution in [3.63, 3.8) is 0 Å². The second kappa shape index (κ2) is 8.95. The molecule has 6 nitrogen and oxygen atoms in total. The molecule has 6 heteroatoms. The van der Waals surface area contributed by atoms with Crippen molar-refractivity contribution >= 4 is 11.7 Å². The van der Waals surface area contributed by atoms with Crippen LogP contribution in [0.1, 0.15) is 12.0 Å². The van der Waals surface area contributed by atoms with Crippen molar-refractivity contribution in [3.05, 3.63) is 72.6 Å². The van der Waals surface area contributed by atoms with Crippen LogP contribution in [0.15, 0.2) is 67.0 Å². The van der Waals surface area contributed by atoms with Gasteiger partial charge in [-0.3, -0.25) is 9.78 Å². The van der Waals surface area contributed by atoms with Crippen molar-refractivity contribution in [3.8, 4) is 17.0 Å². The zero-order chi connectivity index (χ0) is 20.9. The molecule has 0 saturated carbocycles. The Kier molecular flexibility index (Phi) is 5.93. The molecule has 1 fully saturated rings. The lowest BCUT2D eigenvalue weighted by Gasteiger charge is -2.18. The molecule has 0 N–H and O–H groups in total. The lowest BCUT2D eigenvalue weighted by molar-refractivity contribution is -0.129. The quantitative estimate of drug-likeness (QED) is 0.632. The van der Waals surface area contributed by atoms with Crippen molar-refractivity contribution in [2.75, 3.05) is 32.1 Å². The van der Waals surface area contributed by atoms with Crippen LogP contribution in [0.5, 0.6) is 5.88 Å². The van der Waals surface area contributed by atoms with Gasteiger partial charge in [-0.2, -0.15) is 4.98 Å². The Bertz CT molecular complexity index is 990. The summed E-state index contributed by atoms with van der Waals surface area (Å²) in [6, 6.07) is 18.5. The fourth-order valence-corrected chi connectivity index (χ4v) is 3.56. The van der Waals surface area contributed by atoms with Gasteiger partial charge < -0.3 is 14.5 Å². The molecule has 1 unspecified atom stereocenters.